The van der Waals surface area contributed by atoms with Gasteiger partial charge in [-0.2, -0.15) is 14.8 Å². The van der Waals surface area contributed by atoms with E-state index in [0.717, 1.165) is 41.1 Å². The fourth-order valence-corrected chi connectivity index (χ4v) is 1.93. The van der Waals surface area contributed by atoms with Gasteiger partial charge in [0.2, 0.25) is 0 Å². The van der Waals surface area contributed by atoms with Crippen molar-refractivity contribution >= 4 is 15.9 Å². The predicted molar refractivity (Wildman–Crippen MR) is 72.8 cm³/mol. The molecule has 0 spiro atoms. The normalized spacial score (nSPS) is 11.1. The SMILES string of the molecule is CCCNCc1coc(-n2nc(C)c(Br)c2C)n1. The number of hydrogen-bond donors (Lipinski definition) is 1. The number of aryl methyl sites for hydroxylation is 1. The molecule has 0 aromatic carbocycles. The molecular formula is C12H17BrN4O. The average molecular weight is 313 g/mol. The maximum atomic E-state index is 5.46. The number of nitrogens with one attached hydrogen (secondary N) is 1. The molecule has 2 rings (SSSR count). The third-order valence-corrected chi connectivity index (χ3v) is 3.80. The summed E-state index contributed by atoms with van der Waals surface area (Å²) in [6.07, 6.45) is 2.78. The Morgan fingerprint density at radius 3 is 2.83 bits per heavy atom. The van der Waals surface area contributed by atoms with Gasteiger partial charge in [0.25, 0.3) is 0 Å². The second-order valence-electron chi connectivity index (χ2n) is 4.19. The highest BCUT2D eigenvalue weighted by atomic mass is 79.9. The zero-order valence-electron chi connectivity index (χ0n) is 10.8. The number of halogens is 1. The maximum absolute atomic E-state index is 5.46. The minimum atomic E-state index is 0.509. The van der Waals surface area contributed by atoms with E-state index in [9.17, 15) is 0 Å². The summed E-state index contributed by atoms with van der Waals surface area (Å²) in [6.45, 7) is 7.75. The summed E-state index contributed by atoms with van der Waals surface area (Å²) < 4.78 is 8.16. The van der Waals surface area contributed by atoms with Crippen molar-refractivity contribution in [1.29, 1.82) is 0 Å². The van der Waals surface area contributed by atoms with Crippen LogP contribution in [0.4, 0.5) is 0 Å². The van der Waals surface area contributed by atoms with E-state index in [1.807, 2.05) is 13.8 Å². The van der Waals surface area contributed by atoms with Gasteiger partial charge in [0, 0.05) is 6.54 Å². The molecule has 98 valence electrons. The number of aromatic nitrogens is 3. The first-order valence-corrected chi connectivity index (χ1v) is 6.80. The molecule has 0 fully saturated rings. The summed E-state index contributed by atoms with van der Waals surface area (Å²) in [6, 6.07) is 0.509. The molecule has 0 unspecified atom stereocenters. The van der Waals surface area contributed by atoms with Crippen LogP contribution in [0.2, 0.25) is 0 Å². The Kier molecular flexibility index (Phi) is 4.19. The van der Waals surface area contributed by atoms with E-state index in [1.165, 1.54) is 0 Å². The van der Waals surface area contributed by atoms with Gasteiger partial charge in [-0.3, -0.25) is 0 Å². The van der Waals surface area contributed by atoms with Gasteiger partial charge < -0.3 is 9.73 Å². The first-order chi connectivity index (χ1) is 8.63. The molecule has 0 aliphatic carbocycles. The van der Waals surface area contributed by atoms with E-state index in [0.29, 0.717) is 6.01 Å². The zero-order chi connectivity index (χ0) is 13.1. The Morgan fingerprint density at radius 2 is 2.22 bits per heavy atom. The summed E-state index contributed by atoms with van der Waals surface area (Å²) in [5.41, 5.74) is 2.81. The third-order valence-electron chi connectivity index (χ3n) is 2.66. The first kappa shape index (κ1) is 13.3. The van der Waals surface area contributed by atoms with Crippen LogP contribution in [0.3, 0.4) is 0 Å². The fourth-order valence-electron chi connectivity index (χ4n) is 1.68. The van der Waals surface area contributed by atoms with Gasteiger partial charge in [-0.25, -0.2) is 0 Å². The Bertz CT molecular complexity index is 532. The topological polar surface area (TPSA) is 55.9 Å². The van der Waals surface area contributed by atoms with Crippen molar-refractivity contribution in [2.75, 3.05) is 6.54 Å². The molecule has 6 heteroatoms. The number of hydrogen-bond acceptors (Lipinski definition) is 4. The maximum Gasteiger partial charge on any atom is 0.323 e. The van der Waals surface area contributed by atoms with Crippen molar-refractivity contribution in [2.45, 2.75) is 33.7 Å². The van der Waals surface area contributed by atoms with Crippen LogP contribution >= 0.6 is 15.9 Å². The zero-order valence-corrected chi connectivity index (χ0v) is 12.4. The van der Waals surface area contributed by atoms with E-state index in [4.69, 9.17) is 4.42 Å². The summed E-state index contributed by atoms with van der Waals surface area (Å²) in [5, 5.41) is 7.67. The molecule has 0 atom stereocenters. The van der Waals surface area contributed by atoms with Gasteiger partial charge in [0.15, 0.2) is 0 Å². The van der Waals surface area contributed by atoms with Gasteiger partial charge in [-0.1, -0.05) is 6.92 Å². The lowest BCUT2D eigenvalue weighted by molar-refractivity contribution is 0.504. The molecular weight excluding hydrogens is 296 g/mol. The van der Waals surface area contributed by atoms with Crippen LogP contribution in [0.1, 0.15) is 30.4 Å². The van der Waals surface area contributed by atoms with E-state index in [-0.39, 0.29) is 0 Å². The average Bonchev–Trinajstić information content (AvgIpc) is 2.91. The Labute approximate surface area is 115 Å². The van der Waals surface area contributed by atoms with Gasteiger partial charge in [-0.05, 0) is 42.7 Å². The molecule has 2 aromatic heterocycles. The minimum absolute atomic E-state index is 0.509. The van der Waals surface area contributed by atoms with Crippen LogP contribution in [0.5, 0.6) is 0 Å². The van der Waals surface area contributed by atoms with Crippen LogP contribution in [-0.2, 0) is 6.54 Å². The number of rotatable bonds is 5. The lowest BCUT2D eigenvalue weighted by atomic mass is 10.4. The van der Waals surface area contributed by atoms with Gasteiger partial charge >= 0.3 is 6.01 Å². The van der Waals surface area contributed by atoms with E-state index >= 15 is 0 Å². The van der Waals surface area contributed by atoms with E-state index < -0.39 is 0 Å². The highest BCUT2D eigenvalue weighted by molar-refractivity contribution is 9.10. The summed E-state index contributed by atoms with van der Waals surface area (Å²) >= 11 is 3.49. The minimum Gasteiger partial charge on any atom is -0.430 e. The highest BCUT2D eigenvalue weighted by Crippen LogP contribution is 2.22. The quantitative estimate of drug-likeness (QED) is 0.862. The molecule has 0 radical (unpaired) electrons. The standard InChI is InChI=1S/C12H17BrN4O/c1-4-5-14-6-10-7-18-12(15-10)17-9(3)11(13)8(2)16-17/h7,14H,4-6H2,1-3H3. The van der Waals surface area contributed by atoms with Gasteiger partial charge in [0.1, 0.15) is 6.26 Å². The highest BCUT2D eigenvalue weighted by Gasteiger charge is 2.14. The smallest absolute Gasteiger partial charge is 0.323 e. The summed E-state index contributed by atoms with van der Waals surface area (Å²) in [7, 11) is 0. The monoisotopic (exact) mass is 312 g/mol. The molecule has 2 heterocycles. The van der Waals surface area contributed by atoms with Crippen molar-refractivity contribution in [3.05, 3.63) is 27.8 Å². The van der Waals surface area contributed by atoms with Crippen molar-refractivity contribution in [3.8, 4) is 6.01 Å². The van der Waals surface area contributed by atoms with Crippen LogP contribution in [0.25, 0.3) is 6.01 Å². The predicted octanol–water partition coefficient (Wildman–Crippen LogP) is 2.74. The van der Waals surface area contributed by atoms with Crippen molar-refractivity contribution < 1.29 is 4.42 Å². The van der Waals surface area contributed by atoms with Crippen LogP contribution in [0.15, 0.2) is 15.2 Å². The largest absolute Gasteiger partial charge is 0.430 e. The lowest BCUT2D eigenvalue weighted by Crippen LogP contribution is -2.14. The Balaban J connectivity index is 2.16. The van der Waals surface area contributed by atoms with Crippen LogP contribution < -0.4 is 5.32 Å². The molecule has 0 aliphatic rings. The van der Waals surface area contributed by atoms with Crippen LogP contribution in [0, 0.1) is 13.8 Å². The Morgan fingerprint density at radius 1 is 1.44 bits per heavy atom. The molecule has 5 nitrogen and oxygen atoms in total. The van der Waals surface area contributed by atoms with Crippen LogP contribution in [-0.4, -0.2) is 21.3 Å². The number of nitrogens with zero attached hydrogens (tertiary/aromatic N) is 3. The summed E-state index contributed by atoms with van der Waals surface area (Å²) in [4.78, 5) is 4.42. The molecule has 0 bridgehead atoms. The van der Waals surface area contributed by atoms with Gasteiger partial charge in [-0.15, -0.1) is 0 Å². The third kappa shape index (κ3) is 2.64. The molecule has 1 N–H and O–H groups in total. The molecule has 0 saturated carbocycles. The molecule has 18 heavy (non-hydrogen) atoms. The fraction of sp³-hybridized carbons (Fsp3) is 0.500. The molecule has 0 saturated heterocycles. The van der Waals surface area contributed by atoms with E-state index in [2.05, 4.69) is 38.3 Å². The molecule has 0 aliphatic heterocycles. The van der Waals surface area contributed by atoms with E-state index in [1.54, 1.807) is 10.9 Å². The van der Waals surface area contributed by atoms with Crippen molar-refractivity contribution in [1.82, 2.24) is 20.1 Å². The Hall–Kier alpha value is -1.14. The van der Waals surface area contributed by atoms with Crippen molar-refractivity contribution in [2.24, 2.45) is 0 Å². The molecule has 0 amide bonds. The summed E-state index contributed by atoms with van der Waals surface area (Å²) in [5.74, 6) is 0. The second kappa shape index (κ2) is 5.67. The first-order valence-electron chi connectivity index (χ1n) is 6.00. The van der Waals surface area contributed by atoms with Gasteiger partial charge in [0.05, 0.1) is 21.6 Å². The lowest BCUT2D eigenvalue weighted by Gasteiger charge is -1.98. The second-order valence-corrected chi connectivity index (χ2v) is 4.99. The number of oxazole rings is 1. The molecule has 2 aromatic rings. The van der Waals surface area contributed by atoms with Crippen molar-refractivity contribution in [3.63, 3.8) is 0 Å².